The van der Waals surface area contributed by atoms with Crippen LogP contribution >= 0.6 is 0 Å². The van der Waals surface area contributed by atoms with Gasteiger partial charge in [0.15, 0.2) is 0 Å². The average Bonchev–Trinajstić information content (AvgIpc) is 2.77. The van der Waals surface area contributed by atoms with Crippen LogP contribution in [0.25, 0.3) is 11.1 Å². The Morgan fingerprint density at radius 3 is 2.20 bits per heavy atom. The first kappa shape index (κ1) is 20.5. The normalized spacial score (nSPS) is 23.8. The first-order valence-corrected chi connectivity index (χ1v) is 10.1. The molecule has 3 aromatic rings. The number of halogens is 1. The third kappa shape index (κ3) is 4.87. The van der Waals surface area contributed by atoms with Crippen molar-refractivity contribution < 1.29 is 24.1 Å². The summed E-state index contributed by atoms with van der Waals surface area (Å²) < 4.78 is 25.3. The molecule has 4 unspecified atom stereocenters. The SMILES string of the molecule is OC1C(OCc2ccccc2)CCC(Oc2cccc(-c3cccc(F)c3)c2)C1O. The molecule has 156 valence electrons. The topological polar surface area (TPSA) is 58.9 Å². The third-order valence-corrected chi connectivity index (χ3v) is 5.43. The van der Waals surface area contributed by atoms with E-state index in [4.69, 9.17) is 9.47 Å². The van der Waals surface area contributed by atoms with Gasteiger partial charge >= 0.3 is 0 Å². The van der Waals surface area contributed by atoms with Crippen molar-refractivity contribution in [1.82, 2.24) is 0 Å². The lowest BCUT2D eigenvalue weighted by Gasteiger charge is -2.37. The second-order valence-corrected chi connectivity index (χ2v) is 7.59. The highest BCUT2D eigenvalue weighted by molar-refractivity contribution is 5.65. The van der Waals surface area contributed by atoms with Gasteiger partial charge in [0.25, 0.3) is 0 Å². The monoisotopic (exact) mass is 408 g/mol. The molecule has 2 N–H and O–H groups in total. The molecular formula is C25H25FO4. The van der Waals surface area contributed by atoms with Crippen molar-refractivity contribution in [2.75, 3.05) is 0 Å². The van der Waals surface area contributed by atoms with Gasteiger partial charge in [-0.25, -0.2) is 4.39 Å². The Labute approximate surface area is 175 Å². The molecule has 5 heteroatoms. The lowest BCUT2D eigenvalue weighted by molar-refractivity contribution is -0.150. The zero-order valence-corrected chi connectivity index (χ0v) is 16.5. The average molecular weight is 408 g/mol. The fourth-order valence-electron chi connectivity index (χ4n) is 3.79. The molecule has 0 radical (unpaired) electrons. The minimum absolute atomic E-state index is 0.300. The molecule has 30 heavy (non-hydrogen) atoms. The Morgan fingerprint density at radius 1 is 0.767 bits per heavy atom. The van der Waals surface area contributed by atoms with Crippen LogP contribution in [0.15, 0.2) is 78.9 Å². The zero-order chi connectivity index (χ0) is 20.9. The van der Waals surface area contributed by atoms with Gasteiger partial charge in [0.2, 0.25) is 0 Å². The molecule has 0 aromatic heterocycles. The minimum atomic E-state index is -1.06. The molecule has 0 saturated heterocycles. The predicted molar refractivity (Wildman–Crippen MR) is 113 cm³/mol. The molecule has 4 atom stereocenters. The van der Waals surface area contributed by atoms with Gasteiger partial charge < -0.3 is 19.7 Å². The molecule has 4 nitrogen and oxygen atoms in total. The number of ether oxygens (including phenoxy) is 2. The van der Waals surface area contributed by atoms with Gasteiger partial charge in [-0.2, -0.15) is 0 Å². The lowest BCUT2D eigenvalue weighted by Crippen LogP contribution is -2.52. The van der Waals surface area contributed by atoms with Crippen molar-refractivity contribution in [3.63, 3.8) is 0 Å². The van der Waals surface area contributed by atoms with Crippen LogP contribution < -0.4 is 4.74 Å². The summed E-state index contributed by atoms with van der Waals surface area (Å²) in [5, 5.41) is 21.1. The van der Waals surface area contributed by atoms with E-state index in [2.05, 4.69) is 0 Å². The van der Waals surface area contributed by atoms with Gasteiger partial charge in [-0.05, 0) is 53.8 Å². The van der Waals surface area contributed by atoms with Crippen molar-refractivity contribution in [3.05, 3.63) is 90.2 Å². The number of rotatable bonds is 6. The Hall–Kier alpha value is -2.73. The molecule has 1 aliphatic rings. The Bertz CT molecular complexity index is 962. The van der Waals surface area contributed by atoms with E-state index in [9.17, 15) is 14.6 Å². The highest BCUT2D eigenvalue weighted by Crippen LogP contribution is 2.29. The molecule has 3 aromatic carbocycles. The van der Waals surface area contributed by atoms with Gasteiger partial charge in [0.1, 0.15) is 29.9 Å². The maximum Gasteiger partial charge on any atom is 0.127 e. The number of aliphatic hydroxyl groups excluding tert-OH is 2. The summed E-state index contributed by atoms with van der Waals surface area (Å²) in [6.45, 7) is 0.385. The van der Waals surface area contributed by atoms with Crippen LogP contribution in [-0.4, -0.2) is 34.6 Å². The molecule has 1 aliphatic carbocycles. The van der Waals surface area contributed by atoms with Crippen molar-refractivity contribution in [2.45, 2.75) is 43.9 Å². The van der Waals surface area contributed by atoms with Gasteiger partial charge in [-0.15, -0.1) is 0 Å². The standard InChI is InChI=1S/C25H25FO4/c26-20-10-4-8-18(14-20)19-9-5-11-21(15-19)30-23-13-12-22(24(27)25(23)28)29-16-17-6-2-1-3-7-17/h1-11,14-15,22-25,27-28H,12-13,16H2. The first-order chi connectivity index (χ1) is 14.6. The van der Waals surface area contributed by atoms with Crippen molar-refractivity contribution in [3.8, 4) is 16.9 Å². The lowest BCUT2D eigenvalue weighted by atomic mass is 9.89. The summed E-state index contributed by atoms with van der Waals surface area (Å²) in [7, 11) is 0. The van der Waals surface area contributed by atoms with E-state index in [0.717, 1.165) is 16.7 Å². The van der Waals surface area contributed by atoms with Crippen molar-refractivity contribution in [1.29, 1.82) is 0 Å². The highest BCUT2D eigenvalue weighted by Gasteiger charge is 2.39. The van der Waals surface area contributed by atoms with Crippen LogP contribution in [0.2, 0.25) is 0 Å². The van der Waals surface area contributed by atoms with Gasteiger partial charge in [0, 0.05) is 0 Å². The number of aliphatic hydroxyl groups is 2. The second kappa shape index (κ2) is 9.39. The van der Waals surface area contributed by atoms with Gasteiger partial charge in [-0.3, -0.25) is 0 Å². The fourth-order valence-corrected chi connectivity index (χ4v) is 3.79. The van der Waals surface area contributed by atoms with Crippen LogP contribution in [-0.2, 0) is 11.3 Å². The summed E-state index contributed by atoms with van der Waals surface area (Å²) in [6, 6.07) is 23.4. The van der Waals surface area contributed by atoms with E-state index in [-0.39, 0.29) is 5.82 Å². The summed E-state index contributed by atoms with van der Waals surface area (Å²) in [6.07, 6.45) is -1.93. The Balaban J connectivity index is 1.38. The van der Waals surface area contributed by atoms with Crippen LogP contribution in [0.4, 0.5) is 4.39 Å². The van der Waals surface area contributed by atoms with Crippen LogP contribution in [0, 0.1) is 5.82 Å². The van der Waals surface area contributed by atoms with Crippen molar-refractivity contribution >= 4 is 0 Å². The van der Waals surface area contributed by atoms with E-state index in [1.54, 1.807) is 12.1 Å². The molecular weight excluding hydrogens is 383 g/mol. The number of benzene rings is 3. The summed E-state index contributed by atoms with van der Waals surface area (Å²) in [5.41, 5.74) is 2.59. The molecule has 1 saturated carbocycles. The largest absolute Gasteiger partial charge is 0.488 e. The molecule has 0 amide bonds. The molecule has 0 spiro atoms. The summed E-state index contributed by atoms with van der Waals surface area (Å²) in [4.78, 5) is 0. The maximum atomic E-state index is 13.5. The van der Waals surface area contributed by atoms with Crippen LogP contribution in [0.3, 0.4) is 0 Å². The molecule has 0 heterocycles. The highest BCUT2D eigenvalue weighted by atomic mass is 19.1. The fraction of sp³-hybridized carbons (Fsp3) is 0.280. The minimum Gasteiger partial charge on any atom is -0.488 e. The van der Waals surface area contributed by atoms with Gasteiger partial charge in [-0.1, -0.05) is 54.6 Å². The van der Waals surface area contributed by atoms with Crippen LogP contribution in [0.5, 0.6) is 5.75 Å². The van der Waals surface area contributed by atoms with Crippen LogP contribution in [0.1, 0.15) is 18.4 Å². The predicted octanol–water partition coefficient (Wildman–Crippen LogP) is 4.34. The number of hydrogen-bond acceptors (Lipinski definition) is 4. The smallest absolute Gasteiger partial charge is 0.127 e. The number of hydrogen-bond donors (Lipinski definition) is 2. The molecule has 0 bridgehead atoms. The second-order valence-electron chi connectivity index (χ2n) is 7.59. The quantitative estimate of drug-likeness (QED) is 0.637. The third-order valence-electron chi connectivity index (χ3n) is 5.43. The van der Waals surface area contributed by atoms with E-state index >= 15 is 0 Å². The van der Waals surface area contributed by atoms with E-state index in [0.29, 0.717) is 25.2 Å². The Kier molecular flexibility index (Phi) is 6.43. The molecule has 1 fully saturated rings. The van der Waals surface area contributed by atoms with E-state index < -0.39 is 24.4 Å². The maximum absolute atomic E-state index is 13.5. The first-order valence-electron chi connectivity index (χ1n) is 10.1. The van der Waals surface area contributed by atoms with E-state index in [1.807, 2.05) is 54.6 Å². The summed E-state index contributed by atoms with van der Waals surface area (Å²) in [5.74, 6) is 0.267. The van der Waals surface area contributed by atoms with Gasteiger partial charge in [0.05, 0.1) is 12.7 Å². The zero-order valence-electron chi connectivity index (χ0n) is 16.5. The van der Waals surface area contributed by atoms with E-state index in [1.165, 1.54) is 12.1 Å². The molecule has 4 rings (SSSR count). The Morgan fingerprint density at radius 2 is 1.43 bits per heavy atom. The molecule has 0 aliphatic heterocycles. The van der Waals surface area contributed by atoms with Crippen molar-refractivity contribution in [2.24, 2.45) is 0 Å². The summed E-state index contributed by atoms with van der Waals surface area (Å²) >= 11 is 0.